The lowest BCUT2D eigenvalue weighted by Gasteiger charge is -1.98. The lowest BCUT2D eigenvalue weighted by Crippen LogP contribution is -1.71. The van der Waals surface area contributed by atoms with E-state index in [9.17, 15) is 5.11 Å². The first-order valence-electron chi connectivity index (χ1n) is 10.9. The highest BCUT2D eigenvalue weighted by Gasteiger charge is 1.97. The molecule has 35 heavy (non-hydrogen) atoms. The smallest absolute Gasteiger partial charge is 0.123 e. The van der Waals surface area contributed by atoms with E-state index in [0.717, 1.165) is 32.3 Å². The van der Waals surface area contributed by atoms with Crippen molar-refractivity contribution in [3.63, 3.8) is 0 Å². The number of hydrogen-bond acceptors (Lipinski definition) is 5. The predicted octanol–water partition coefficient (Wildman–Crippen LogP) is 7.05. The van der Waals surface area contributed by atoms with Crippen LogP contribution in [0.2, 0.25) is 0 Å². The fourth-order valence-electron chi connectivity index (χ4n) is 3.65. The first kappa shape index (κ1) is 23.3. The molecule has 0 aliphatic carbocycles. The molecule has 0 amide bonds. The van der Waals surface area contributed by atoms with Crippen molar-refractivity contribution in [2.45, 2.75) is 0 Å². The van der Waals surface area contributed by atoms with Crippen molar-refractivity contribution in [2.75, 3.05) is 0 Å². The van der Waals surface area contributed by atoms with E-state index < -0.39 is 0 Å². The Hall–Kier alpha value is -4.90. The van der Waals surface area contributed by atoms with Crippen molar-refractivity contribution in [2.24, 2.45) is 0 Å². The highest BCUT2D eigenvalue weighted by molar-refractivity contribution is 5.88. The summed E-state index contributed by atoms with van der Waals surface area (Å²) >= 11 is 0. The molecule has 0 radical (unpaired) electrons. The Morgan fingerprint density at radius 2 is 0.714 bits per heavy atom. The highest BCUT2D eigenvalue weighted by atomic mass is 16.3. The Bertz CT molecular complexity index is 1450. The molecule has 0 aliphatic heterocycles. The minimum absolute atomic E-state index is 0.216. The van der Waals surface area contributed by atoms with E-state index in [4.69, 9.17) is 20.4 Å². The van der Waals surface area contributed by atoms with Crippen molar-refractivity contribution in [3.05, 3.63) is 115 Å². The van der Waals surface area contributed by atoms with Crippen LogP contribution in [0.1, 0.15) is 0 Å². The van der Waals surface area contributed by atoms with Crippen LogP contribution in [0, 0.1) is 0 Å². The third kappa shape index (κ3) is 5.92. The molecular weight excluding hydrogens is 440 g/mol. The third-order valence-corrected chi connectivity index (χ3v) is 5.38. The Morgan fingerprint density at radius 1 is 0.314 bits per heavy atom. The van der Waals surface area contributed by atoms with Crippen molar-refractivity contribution in [3.8, 4) is 28.7 Å². The first-order chi connectivity index (χ1) is 16.9. The summed E-state index contributed by atoms with van der Waals surface area (Å²) in [6.45, 7) is 0. The number of phenols is 5. The van der Waals surface area contributed by atoms with Gasteiger partial charge in [-0.3, -0.25) is 0 Å². The van der Waals surface area contributed by atoms with Gasteiger partial charge in [-0.1, -0.05) is 60.7 Å². The molecule has 0 unspecified atom stereocenters. The largest absolute Gasteiger partial charge is 0.508 e. The molecule has 5 N–H and O–H groups in total. The summed E-state index contributed by atoms with van der Waals surface area (Å²) in [6, 6.07) is 33.5. The summed E-state index contributed by atoms with van der Waals surface area (Å²) in [5.41, 5.74) is 0. The van der Waals surface area contributed by atoms with Crippen LogP contribution in [-0.4, -0.2) is 25.5 Å². The second kappa shape index (κ2) is 10.4. The SMILES string of the molecule is Oc1ccc2ccc(O)cc2c1.Oc1ccc2ccc(O)cc2c1.Oc1cccc2ccccc12. The topological polar surface area (TPSA) is 101 Å². The van der Waals surface area contributed by atoms with Crippen LogP contribution in [0.15, 0.2) is 115 Å². The molecule has 5 heteroatoms. The van der Waals surface area contributed by atoms with Crippen LogP contribution in [0.5, 0.6) is 28.7 Å². The number of hydrogen-bond donors (Lipinski definition) is 5. The van der Waals surface area contributed by atoms with Gasteiger partial charge in [-0.15, -0.1) is 0 Å². The van der Waals surface area contributed by atoms with Gasteiger partial charge < -0.3 is 25.5 Å². The molecule has 0 fully saturated rings. The maximum atomic E-state index is 9.37. The average molecular weight is 465 g/mol. The molecule has 5 nitrogen and oxygen atoms in total. The van der Waals surface area contributed by atoms with Gasteiger partial charge in [0.15, 0.2) is 0 Å². The van der Waals surface area contributed by atoms with Crippen LogP contribution in [0.4, 0.5) is 0 Å². The van der Waals surface area contributed by atoms with Gasteiger partial charge in [0.1, 0.15) is 28.7 Å². The number of aromatic hydroxyl groups is 5. The van der Waals surface area contributed by atoms with Crippen molar-refractivity contribution in [1.29, 1.82) is 0 Å². The molecule has 174 valence electrons. The summed E-state index contributed by atoms with van der Waals surface area (Å²) in [5, 5.41) is 51.6. The normalized spacial score (nSPS) is 10.3. The zero-order valence-corrected chi connectivity index (χ0v) is 18.7. The van der Waals surface area contributed by atoms with Gasteiger partial charge in [0.05, 0.1) is 0 Å². The second-order valence-electron chi connectivity index (χ2n) is 7.93. The third-order valence-electron chi connectivity index (χ3n) is 5.38. The fourth-order valence-corrected chi connectivity index (χ4v) is 3.65. The standard InChI is InChI=1S/2C10H8O2.C10H8O/c2*11-9-3-1-7-2-4-10(12)6-8(7)5-9;11-10-7-3-5-8-4-1-2-6-9(8)10/h2*1-6,11-12H;1-7,11H. The molecule has 6 aromatic carbocycles. The zero-order valence-electron chi connectivity index (χ0n) is 18.7. The van der Waals surface area contributed by atoms with Gasteiger partial charge in [0, 0.05) is 5.39 Å². The van der Waals surface area contributed by atoms with E-state index in [2.05, 4.69) is 0 Å². The maximum Gasteiger partial charge on any atom is 0.123 e. The van der Waals surface area contributed by atoms with Crippen molar-refractivity contribution < 1.29 is 25.5 Å². The monoisotopic (exact) mass is 464 g/mol. The zero-order chi connectivity index (χ0) is 24.8. The van der Waals surface area contributed by atoms with Crippen molar-refractivity contribution in [1.82, 2.24) is 0 Å². The number of benzene rings is 6. The molecule has 0 aliphatic rings. The highest BCUT2D eigenvalue weighted by Crippen LogP contribution is 2.25. The number of phenolic OH excluding ortho intramolecular Hbond substituents is 5. The first-order valence-corrected chi connectivity index (χ1v) is 10.9. The van der Waals surface area contributed by atoms with Gasteiger partial charge in [-0.05, 0) is 81.5 Å². The lowest BCUT2D eigenvalue weighted by atomic mass is 10.1. The molecule has 6 rings (SSSR count). The fraction of sp³-hybridized carbons (Fsp3) is 0. The summed E-state index contributed by atoms with van der Waals surface area (Å²) in [6.07, 6.45) is 0. The van der Waals surface area contributed by atoms with Gasteiger partial charge in [0.25, 0.3) is 0 Å². The van der Waals surface area contributed by atoms with E-state index in [1.807, 2.05) is 60.7 Å². The molecule has 0 atom stereocenters. The van der Waals surface area contributed by atoms with E-state index >= 15 is 0 Å². The molecule has 0 saturated carbocycles. The summed E-state index contributed by atoms with van der Waals surface area (Å²) in [4.78, 5) is 0. The van der Waals surface area contributed by atoms with Gasteiger partial charge in [0.2, 0.25) is 0 Å². The lowest BCUT2D eigenvalue weighted by molar-refractivity contribution is 0.473. The van der Waals surface area contributed by atoms with Crippen LogP contribution in [-0.2, 0) is 0 Å². The Labute approximate surface area is 202 Å². The molecule has 0 aromatic heterocycles. The summed E-state index contributed by atoms with van der Waals surface area (Å²) in [7, 11) is 0. The van der Waals surface area contributed by atoms with Gasteiger partial charge in [-0.25, -0.2) is 0 Å². The van der Waals surface area contributed by atoms with Gasteiger partial charge >= 0.3 is 0 Å². The quantitative estimate of drug-likeness (QED) is 0.166. The summed E-state index contributed by atoms with van der Waals surface area (Å²) in [5.74, 6) is 1.21. The Morgan fingerprint density at radius 3 is 1.14 bits per heavy atom. The molecular formula is C30H24O5. The van der Waals surface area contributed by atoms with Gasteiger partial charge in [-0.2, -0.15) is 0 Å². The summed E-state index contributed by atoms with van der Waals surface area (Å²) < 4.78 is 0. The van der Waals surface area contributed by atoms with Crippen LogP contribution in [0.3, 0.4) is 0 Å². The van der Waals surface area contributed by atoms with E-state index in [1.54, 1.807) is 54.6 Å². The molecule has 0 bridgehead atoms. The molecule has 0 saturated heterocycles. The van der Waals surface area contributed by atoms with Crippen molar-refractivity contribution >= 4 is 32.3 Å². The van der Waals surface area contributed by atoms with Crippen LogP contribution >= 0.6 is 0 Å². The number of rotatable bonds is 0. The number of fused-ring (bicyclic) bond motifs is 3. The molecule has 0 heterocycles. The van der Waals surface area contributed by atoms with E-state index in [-0.39, 0.29) is 23.0 Å². The Kier molecular flexibility index (Phi) is 6.88. The van der Waals surface area contributed by atoms with E-state index in [0.29, 0.717) is 5.75 Å². The minimum atomic E-state index is 0.216. The second-order valence-corrected chi connectivity index (χ2v) is 7.93. The Balaban J connectivity index is 0.000000124. The maximum absolute atomic E-state index is 9.37. The van der Waals surface area contributed by atoms with Crippen LogP contribution < -0.4 is 0 Å². The molecule has 6 aromatic rings. The van der Waals surface area contributed by atoms with Crippen LogP contribution in [0.25, 0.3) is 32.3 Å². The van der Waals surface area contributed by atoms with E-state index in [1.165, 1.54) is 0 Å². The predicted molar refractivity (Wildman–Crippen MR) is 140 cm³/mol. The molecule has 0 spiro atoms. The average Bonchev–Trinajstić information content (AvgIpc) is 2.85. The minimum Gasteiger partial charge on any atom is -0.508 e.